The van der Waals surface area contributed by atoms with Crippen molar-refractivity contribution in [3.63, 3.8) is 0 Å². The summed E-state index contributed by atoms with van der Waals surface area (Å²) in [7, 11) is 0. The lowest BCUT2D eigenvalue weighted by molar-refractivity contribution is 0.0662. The SMILES string of the molecule is OC1CCCN(Cc2cc(Br)ccc2OCc2ccc(Cl)cc2)C1. The maximum atomic E-state index is 9.86. The summed E-state index contributed by atoms with van der Waals surface area (Å²) >= 11 is 9.46. The van der Waals surface area contributed by atoms with Crippen molar-refractivity contribution < 1.29 is 9.84 Å². The summed E-state index contributed by atoms with van der Waals surface area (Å²) in [4.78, 5) is 2.28. The number of rotatable bonds is 5. The highest BCUT2D eigenvalue weighted by Crippen LogP contribution is 2.27. The number of likely N-dealkylation sites (tertiary alicyclic amines) is 1. The van der Waals surface area contributed by atoms with Crippen LogP contribution in [0.3, 0.4) is 0 Å². The Labute approximate surface area is 156 Å². The van der Waals surface area contributed by atoms with Crippen LogP contribution in [0.5, 0.6) is 5.75 Å². The van der Waals surface area contributed by atoms with Gasteiger partial charge >= 0.3 is 0 Å². The molecule has 1 N–H and O–H groups in total. The molecule has 0 aliphatic carbocycles. The molecule has 0 saturated carbocycles. The molecular formula is C19H21BrClNO2. The van der Waals surface area contributed by atoms with Gasteiger partial charge in [0.05, 0.1) is 6.10 Å². The summed E-state index contributed by atoms with van der Waals surface area (Å²) in [5.74, 6) is 0.883. The van der Waals surface area contributed by atoms with Crippen LogP contribution in [-0.2, 0) is 13.2 Å². The van der Waals surface area contributed by atoms with Crippen LogP contribution in [0.25, 0.3) is 0 Å². The topological polar surface area (TPSA) is 32.7 Å². The maximum absolute atomic E-state index is 9.86. The Hall–Kier alpha value is -1.07. The number of aliphatic hydroxyl groups excluding tert-OH is 1. The fourth-order valence-electron chi connectivity index (χ4n) is 2.97. The Morgan fingerprint density at radius 2 is 2.00 bits per heavy atom. The summed E-state index contributed by atoms with van der Waals surface area (Å²) in [5, 5.41) is 10.6. The predicted molar refractivity (Wildman–Crippen MR) is 100 cm³/mol. The van der Waals surface area contributed by atoms with E-state index in [0.717, 1.165) is 58.8 Å². The van der Waals surface area contributed by atoms with Crippen LogP contribution in [0.1, 0.15) is 24.0 Å². The van der Waals surface area contributed by atoms with Gasteiger partial charge in [0.25, 0.3) is 0 Å². The fourth-order valence-corrected chi connectivity index (χ4v) is 3.50. The summed E-state index contributed by atoms with van der Waals surface area (Å²) in [6.07, 6.45) is 1.72. The highest BCUT2D eigenvalue weighted by Gasteiger charge is 2.19. The lowest BCUT2D eigenvalue weighted by atomic mass is 10.1. The van der Waals surface area contributed by atoms with E-state index >= 15 is 0 Å². The molecule has 1 atom stereocenters. The van der Waals surface area contributed by atoms with Gasteiger partial charge in [-0.15, -0.1) is 0 Å². The highest BCUT2D eigenvalue weighted by atomic mass is 79.9. The third kappa shape index (κ3) is 4.96. The number of aliphatic hydroxyl groups is 1. The first kappa shape index (κ1) is 17.7. The van der Waals surface area contributed by atoms with Crippen LogP contribution in [0, 0.1) is 0 Å². The van der Waals surface area contributed by atoms with Gasteiger partial charge < -0.3 is 9.84 Å². The number of piperidine rings is 1. The van der Waals surface area contributed by atoms with Gasteiger partial charge in [0.1, 0.15) is 12.4 Å². The minimum Gasteiger partial charge on any atom is -0.489 e. The van der Waals surface area contributed by atoms with Crippen molar-refractivity contribution in [1.29, 1.82) is 0 Å². The largest absolute Gasteiger partial charge is 0.489 e. The Morgan fingerprint density at radius 3 is 2.75 bits per heavy atom. The van der Waals surface area contributed by atoms with Gasteiger partial charge in [-0.2, -0.15) is 0 Å². The lowest BCUT2D eigenvalue weighted by Gasteiger charge is -2.30. The monoisotopic (exact) mass is 409 g/mol. The first-order chi connectivity index (χ1) is 11.6. The number of benzene rings is 2. The molecule has 2 aromatic carbocycles. The first-order valence-electron chi connectivity index (χ1n) is 8.16. The zero-order valence-electron chi connectivity index (χ0n) is 13.4. The molecule has 1 heterocycles. The number of ether oxygens (including phenoxy) is 1. The maximum Gasteiger partial charge on any atom is 0.124 e. The van der Waals surface area contributed by atoms with Gasteiger partial charge in [-0.25, -0.2) is 0 Å². The number of hydrogen-bond donors (Lipinski definition) is 1. The van der Waals surface area contributed by atoms with Crippen molar-refractivity contribution in [3.8, 4) is 5.75 Å². The van der Waals surface area contributed by atoms with Crippen LogP contribution < -0.4 is 4.74 Å². The zero-order chi connectivity index (χ0) is 16.9. The zero-order valence-corrected chi connectivity index (χ0v) is 15.8. The highest BCUT2D eigenvalue weighted by molar-refractivity contribution is 9.10. The number of hydrogen-bond acceptors (Lipinski definition) is 3. The average Bonchev–Trinajstić information content (AvgIpc) is 2.56. The molecule has 0 aromatic heterocycles. The smallest absolute Gasteiger partial charge is 0.124 e. The Kier molecular flexibility index (Phi) is 6.17. The van der Waals surface area contributed by atoms with Crippen LogP contribution in [0.2, 0.25) is 5.02 Å². The standard InChI is InChI=1S/C19H21BrClNO2/c20-16-5-8-19(24-13-14-3-6-17(21)7-4-14)15(10-16)11-22-9-1-2-18(23)12-22/h3-8,10,18,23H,1-2,9,11-13H2. The summed E-state index contributed by atoms with van der Waals surface area (Å²) in [5.41, 5.74) is 2.22. The van der Waals surface area contributed by atoms with E-state index < -0.39 is 0 Å². The molecule has 1 saturated heterocycles. The van der Waals surface area contributed by atoms with Gasteiger partial charge in [0.2, 0.25) is 0 Å². The van der Waals surface area contributed by atoms with E-state index in [4.69, 9.17) is 16.3 Å². The van der Waals surface area contributed by atoms with Crippen LogP contribution in [-0.4, -0.2) is 29.2 Å². The molecule has 0 spiro atoms. The number of β-amino-alcohol motifs (C(OH)–C–C–N with tert-alkyl or cyclic N) is 1. The van der Waals surface area contributed by atoms with Crippen molar-refractivity contribution in [1.82, 2.24) is 4.90 Å². The Bertz CT molecular complexity index is 678. The van der Waals surface area contributed by atoms with Crippen molar-refractivity contribution in [3.05, 3.63) is 63.1 Å². The van der Waals surface area contributed by atoms with E-state index in [1.54, 1.807) is 0 Å². The molecule has 24 heavy (non-hydrogen) atoms. The normalized spacial score (nSPS) is 18.5. The molecule has 0 radical (unpaired) electrons. The quantitative estimate of drug-likeness (QED) is 0.779. The van der Waals surface area contributed by atoms with E-state index in [1.807, 2.05) is 36.4 Å². The summed E-state index contributed by atoms with van der Waals surface area (Å²) in [6, 6.07) is 13.8. The Balaban J connectivity index is 1.69. The number of nitrogens with zero attached hydrogens (tertiary/aromatic N) is 1. The molecule has 3 nitrogen and oxygen atoms in total. The van der Waals surface area contributed by atoms with E-state index in [2.05, 4.69) is 26.9 Å². The second-order valence-corrected chi connectivity index (χ2v) is 7.55. The Morgan fingerprint density at radius 1 is 1.21 bits per heavy atom. The van der Waals surface area contributed by atoms with Gasteiger partial charge in [0, 0.05) is 28.1 Å². The van der Waals surface area contributed by atoms with E-state index in [0.29, 0.717) is 6.61 Å². The van der Waals surface area contributed by atoms with E-state index in [-0.39, 0.29) is 6.10 Å². The first-order valence-corrected chi connectivity index (χ1v) is 9.33. The second kappa shape index (κ2) is 8.34. The third-order valence-corrected chi connectivity index (χ3v) is 4.95. The third-order valence-electron chi connectivity index (χ3n) is 4.20. The van der Waals surface area contributed by atoms with Crippen LogP contribution in [0.15, 0.2) is 46.9 Å². The average molecular weight is 411 g/mol. The van der Waals surface area contributed by atoms with E-state index in [9.17, 15) is 5.11 Å². The van der Waals surface area contributed by atoms with Crippen molar-refractivity contribution >= 4 is 27.5 Å². The van der Waals surface area contributed by atoms with Crippen molar-refractivity contribution in [2.24, 2.45) is 0 Å². The van der Waals surface area contributed by atoms with Gasteiger partial charge in [-0.3, -0.25) is 4.90 Å². The molecule has 3 rings (SSSR count). The molecule has 1 unspecified atom stereocenters. The molecule has 0 bridgehead atoms. The minimum atomic E-state index is -0.218. The molecule has 5 heteroatoms. The second-order valence-electron chi connectivity index (χ2n) is 6.20. The lowest BCUT2D eigenvalue weighted by Crippen LogP contribution is -2.37. The van der Waals surface area contributed by atoms with Gasteiger partial charge in [-0.05, 0) is 55.3 Å². The van der Waals surface area contributed by atoms with Crippen molar-refractivity contribution in [2.75, 3.05) is 13.1 Å². The van der Waals surface area contributed by atoms with Crippen LogP contribution >= 0.6 is 27.5 Å². The van der Waals surface area contributed by atoms with Crippen molar-refractivity contribution in [2.45, 2.75) is 32.1 Å². The number of halogens is 2. The molecule has 0 amide bonds. The molecule has 2 aromatic rings. The molecular weight excluding hydrogens is 390 g/mol. The van der Waals surface area contributed by atoms with Crippen LogP contribution in [0.4, 0.5) is 0 Å². The summed E-state index contributed by atoms with van der Waals surface area (Å²) in [6.45, 7) is 3.03. The summed E-state index contributed by atoms with van der Waals surface area (Å²) < 4.78 is 7.07. The minimum absolute atomic E-state index is 0.218. The molecule has 1 fully saturated rings. The molecule has 1 aliphatic rings. The van der Waals surface area contributed by atoms with E-state index in [1.165, 1.54) is 0 Å². The molecule has 128 valence electrons. The predicted octanol–water partition coefficient (Wildman–Crippen LogP) is 4.64. The fraction of sp³-hybridized carbons (Fsp3) is 0.368. The van der Waals surface area contributed by atoms with Gasteiger partial charge in [0.15, 0.2) is 0 Å². The molecule has 1 aliphatic heterocycles. The van der Waals surface area contributed by atoms with Gasteiger partial charge in [-0.1, -0.05) is 39.7 Å².